The van der Waals surface area contributed by atoms with E-state index in [4.69, 9.17) is 0 Å². The number of nitro benzene ring substituents is 1. The summed E-state index contributed by atoms with van der Waals surface area (Å²) in [5, 5.41) is 13.7. The Balaban J connectivity index is 1.79. The van der Waals surface area contributed by atoms with Gasteiger partial charge in [0.25, 0.3) is 5.69 Å². The monoisotopic (exact) mass is 418 g/mol. The number of hydrogen-bond donors (Lipinski definition) is 2. The minimum absolute atomic E-state index is 0.0530. The number of benzene rings is 2. The average Bonchev–Trinajstić information content (AvgIpc) is 2.63. The lowest BCUT2D eigenvalue weighted by Crippen LogP contribution is -2.37. The number of aryl methyl sites for hydroxylation is 1. The molecule has 3 rings (SSSR count). The van der Waals surface area contributed by atoms with Crippen LogP contribution in [0.25, 0.3) is 0 Å². The highest BCUT2D eigenvalue weighted by Crippen LogP contribution is 2.33. The molecule has 1 aliphatic heterocycles. The zero-order valence-electron chi connectivity index (χ0n) is 16.1. The average molecular weight is 418 g/mol. The van der Waals surface area contributed by atoms with Crippen LogP contribution in [-0.2, 0) is 21.2 Å². The molecule has 0 saturated heterocycles. The van der Waals surface area contributed by atoms with Gasteiger partial charge >= 0.3 is 0 Å². The largest absolute Gasteiger partial charge is 0.362 e. The maximum absolute atomic E-state index is 12.6. The normalized spacial score (nSPS) is 13.5. The van der Waals surface area contributed by atoms with Crippen molar-refractivity contribution in [2.45, 2.75) is 19.8 Å². The first-order valence-electron chi connectivity index (χ1n) is 9.03. The molecule has 0 fully saturated rings. The fourth-order valence-corrected chi connectivity index (χ4v) is 3.97. The Labute approximate surface area is 168 Å². The molecule has 0 unspecified atom stereocenters. The molecule has 0 saturated carbocycles. The van der Waals surface area contributed by atoms with Gasteiger partial charge in [-0.05, 0) is 43.0 Å². The molecule has 154 valence electrons. The molecule has 29 heavy (non-hydrogen) atoms. The summed E-state index contributed by atoms with van der Waals surface area (Å²) in [5.74, 6) is -0.303. The van der Waals surface area contributed by atoms with Crippen LogP contribution in [0.3, 0.4) is 0 Å². The van der Waals surface area contributed by atoms with E-state index >= 15 is 0 Å². The number of nitrogens with one attached hydrogen (secondary N) is 2. The molecule has 10 heteroatoms. The van der Waals surface area contributed by atoms with Crippen molar-refractivity contribution in [1.29, 1.82) is 0 Å². The van der Waals surface area contributed by atoms with Gasteiger partial charge in [-0.25, -0.2) is 8.42 Å². The van der Waals surface area contributed by atoms with Crippen LogP contribution in [0.15, 0.2) is 36.4 Å². The summed E-state index contributed by atoms with van der Waals surface area (Å²) in [6, 6.07) is 9.62. The lowest BCUT2D eigenvalue weighted by atomic mass is 10.00. The van der Waals surface area contributed by atoms with Crippen molar-refractivity contribution >= 4 is 38.7 Å². The van der Waals surface area contributed by atoms with Gasteiger partial charge in [-0.3, -0.25) is 19.6 Å². The summed E-state index contributed by atoms with van der Waals surface area (Å²) in [7, 11) is -3.41. The highest BCUT2D eigenvalue weighted by atomic mass is 32.2. The van der Waals surface area contributed by atoms with Crippen LogP contribution < -0.4 is 14.9 Å². The SMILES string of the molecule is Cc1ccc([N+](=O)[O-])cc1NC(=O)CN1CCCc2c(NS(C)(=O)=O)cccc21. The molecule has 2 aromatic carbocycles. The van der Waals surface area contributed by atoms with Crippen molar-refractivity contribution in [3.8, 4) is 0 Å². The molecular weight excluding hydrogens is 396 g/mol. The van der Waals surface area contributed by atoms with Crippen LogP contribution in [-0.4, -0.2) is 38.6 Å². The molecule has 0 aliphatic carbocycles. The van der Waals surface area contributed by atoms with Gasteiger partial charge in [0.15, 0.2) is 0 Å². The molecule has 0 atom stereocenters. The van der Waals surface area contributed by atoms with Crippen molar-refractivity contribution in [2.75, 3.05) is 34.3 Å². The van der Waals surface area contributed by atoms with Gasteiger partial charge in [-0.15, -0.1) is 0 Å². The number of nitro groups is 1. The van der Waals surface area contributed by atoms with Gasteiger partial charge < -0.3 is 10.2 Å². The minimum Gasteiger partial charge on any atom is -0.362 e. The summed E-state index contributed by atoms with van der Waals surface area (Å²) in [6.45, 7) is 2.47. The highest BCUT2D eigenvalue weighted by Gasteiger charge is 2.22. The lowest BCUT2D eigenvalue weighted by Gasteiger charge is -2.32. The van der Waals surface area contributed by atoms with Crippen LogP contribution >= 0.6 is 0 Å². The topological polar surface area (TPSA) is 122 Å². The summed E-state index contributed by atoms with van der Waals surface area (Å²) in [5.41, 5.74) is 3.20. The Hall–Kier alpha value is -3.14. The van der Waals surface area contributed by atoms with E-state index in [9.17, 15) is 23.3 Å². The molecule has 9 nitrogen and oxygen atoms in total. The van der Waals surface area contributed by atoms with Crippen molar-refractivity contribution < 1.29 is 18.1 Å². The number of carbonyl (C=O) groups is 1. The number of nitrogens with zero attached hydrogens (tertiary/aromatic N) is 2. The number of sulfonamides is 1. The third-order valence-electron chi connectivity index (χ3n) is 4.68. The first kappa shape index (κ1) is 20.6. The molecule has 1 aliphatic rings. The predicted molar refractivity (Wildman–Crippen MR) is 112 cm³/mol. The van der Waals surface area contributed by atoms with E-state index < -0.39 is 14.9 Å². The minimum atomic E-state index is -3.41. The van der Waals surface area contributed by atoms with Crippen molar-refractivity contribution in [2.24, 2.45) is 0 Å². The molecule has 2 aromatic rings. The van der Waals surface area contributed by atoms with E-state index in [1.807, 2.05) is 11.0 Å². The molecule has 2 N–H and O–H groups in total. The third kappa shape index (κ3) is 5.02. The maximum atomic E-state index is 12.6. The summed E-state index contributed by atoms with van der Waals surface area (Å²) >= 11 is 0. The maximum Gasteiger partial charge on any atom is 0.271 e. The molecule has 0 bridgehead atoms. The van der Waals surface area contributed by atoms with E-state index in [1.54, 1.807) is 25.1 Å². The van der Waals surface area contributed by atoms with E-state index in [1.165, 1.54) is 12.1 Å². The Morgan fingerprint density at radius 2 is 2.00 bits per heavy atom. The number of hydrogen-bond acceptors (Lipinski definition) is 6. The Morgan fingerprint density at radius 1 is 1.24 bits per heavy atom. The first-order valence-corrected chi connectivity index (χ1v) is 10.9. The second kappa shape index (κ2) is 8.08. The zero-order valence-corrected chi connectivity index (χ0v) is 17.0. The summed E-state index contributed by atoms with van der Waals surface area (Å²) in [4.78, 5) is 25.0. The number of carbonyl (C=O) groups excluding carboxylic acids is 1. The van der Waals surface area contributed by atoms with Gasteiger partial charge in [-0.1, -0.05) is 12.1 Å². The van der Waals surface area contributed by atoms with Gasteiger partial charge in [-0.2, -0.15) is 0 Å². The molecule has 0 radical (unpaired) electrons. The first-order chi connectivity index (χ1) is 13.6. The highest BCUT2D eigenvalue weighted by molar-refractivity contribution is 7.92. The van der Waals surface area contributed by atoms with Crippen LogP contribution in [0.4, 0.5) is 22.7 Å². The number of amides is 1. The standard InChI is InChI=1S/C19H22N4O5S/c1-13-8-9-14(23(25)26)11-17(13)20-19(24)12-22-10-4-5-15-16(21-29(2,27)28)6-3-7-18(15)22/h3,6-9,11,21H,4-5,10,12H2,1-2H3,(H,20,24). The van der Waals surface area contributed by atoms with Gasteiger partial charge in [0.1, 0.15) is 0 Å². The summed E-state index contributed by atoms with van der Waals surface area (Å²) in [6.07, 6.45) is 2.58. The van der Waals surface area contributed by atoms with Crippen LogP contribution in [0.5, 0.6) is 0 Å². The molecule has 1 heterocycles. The fraction of sp³-hybridized carbons (Fsp3) is 0.316. The molecular formula is C19H22N4O5S. The number of non-ortho nitro benzene ring substituents is 1. The van der Waals surface area contributed by atoms with Gasteiger partial charge in [0, 0.05) is 24.4 Å². The van der Waals surface area contributed by atoms with Crippen LogP contribution in [0, 0.1) is 17.0 Å². The lowest BCUT2D eigenvalue weighted by molar-refractivity contribution is -0.384. The molecule has 0 aromatic heterocycles. The second-order valence-corrected chi connectivity index (χ2v) is 8.76. The van der Waals surface area contributed by atoms with Crippen molar-refractivity contribution in [3.05, 3.63) is 57.6 Å². The fourth-order valence-electron chi connectivity index (χ4n) is 3.38. The Kier molecular flexibility index (Phi) is 5.73. The number of fused-ring (bicyclic) bond motifs is 1. The Bertz CT molecular complexity index is 1070. The van der Waals surface area contributed by atoms with E-state index in [0.717, 1.165) is 29.5 Å². The van der Waals surface area contributed by atoms with E-state index in [2.05, 4.69) is 10.0 Å². The third-order valence-corrected chi connectivity index (χ3v) is 5.27. The van der Waals surface area contributed by atoms with Gasteiger partial charge in [0.2, 0.25) is 15.9 Å². The predicted octanol–water partition coefficient (Wildman–Crippen LogP) is 2.67. The summed E-state index contributed by atoms with van der Waals surface area (Å²) < 4.78 is 25.8. The number of anilines is 3. The Morgan fingerprint density at radius 3 is 2.69 bits per heavy atom. The zero-order chi connectivity index (χ0) is 21.2. The van der Waals surface area contributed by atoms with E-state index in [-0.39, 0.29) is 18.1 Å². The smallest absolute Gasteiger partial charge is 0.271 e. The van der Waals surface area contributed by atoms with Crippen molar-refractivity contribution in [3.63, 3.8) is 0 Å². The quantitative estimate of drug-likeness (QED) is 0.549. The van der Waals surface area contributed by atoms with Crippen LogP contribution in [0.1, 0.15) is 17.5 Å². The van der Waals surface area contributed by atoms with Crippen LogP contribution in [0.2, 0.25) is 0 Å². The number of rotatable bonds is 6. The molecule has 0 spiro atoms. The van der Waals surface area contributed by atoms with Gasteiger partial charge in [0.05, 0.1) is 29.1 Å². The van der Waals surface area contributed by atoms with E-state index in [0.29, 0.717) is 24.3 Å². The second-order valence-electron chi connectivity index (χ2n) is 7.01. The molecule has 1 amide bonds. The van der Waals surface area contributed by atoms with Crippen molar-refractivity contribution in [1.82, 2.24) is 0 Å².